The Morgan fingerprint density at radius 3 is 2.56 bits per heavy atom. The molecule has 0 bridgehead atoms. The summed E-state index contributed by atoms with van der Waals surface area (Å²) in [4.78, 5) is 22.8. The second kappa shape index (κ2) is 11.2. The first kappa shape index (κ1) is 27.0. The number of aromatic nitrogens is 3. The van der Waals surface area contributed by atoms with Crippen LogP contribution in [0.3, 0.4) is 0 Å². The van der Waals surface area contributed by atoms with E-state index in [0.717, 1.165) is 22.1 Å². The smallest absolute Gasteiger partial charge is 0.275 e. The number of piperazine rings is 1. The first-order valence-corrected chi connectivity index (χ1v) is 14.6. The standard InChI is InChI=1S/C24H31FIN5O4S/c1-4-6-17-20-21(29(3)22(17)26)24(32)28-23(27-20)18-15-16(7-8-19(18)35-5-2)36(33,34)31-13-11-30(10-9-25)12-14-31/h7-8,15H,4-6,9-14H2,1-3H3,(H,27,28,32). The fraction of sp³-hybridized carbons (Fsp3) is 0.500. The zero-order valence-electron chi connectivity index (χ0n) is 20.7. The highest BCUT2D eigenvalue weighted by molar-refractivity contribution is 14.1. The number of aromatic amines is 1. The van der Waals surface area contributed by atoms with Gasteiger partial charge < -0.3 is 14.3 Å². The number of alkyl halides is 1. The van der Waals surface area contributed by atoms with Crippen LogP contribution in [-0.4, -0.2) is 78.2 Å². The average Bonchev–Trinajstić information content (AvgIpc) is 3.10. The number of hydrogen-bond donors (Lipinski definition) is 1. The second-order valence-corrected chi connectivity index (χ2v) is 11.7. The van der Waals surface area contributed by atoms with E-state index in [1.165, 1.54) is 16.4 Å². The van der Waals surface area contributed by atoms with Crippen molar-refractivity contribution < 1.29 is 17.5 Å². The molecule has 0 atom stereocenters. The van der Waals surface area contributed by atoms with Gasteiger partial charge in [-0.25, -0.2) is 17.8 Å². The number of H-pyrrole nitrogens is 1. The summed E-state index contributed by atoms with van der Waals surface area (Å²) in [7, 11) is -1.96. The molecule has 2 aromatic heterocycles. The number of sulfonamides is 1. The molecule has 1 N–H and O–H groups in total. The van der Waals surface area contributed by atoms with Crippen molar-refractivity contribution in [3.8, 4) is 17.1 Å². The first-order valence-electron chi connectivity index (χ1n) is 12.1. The third-order valence-electron chi connectivity index (χ3n) is 6.44. The van der Waals surface area contributed by atoms with Crippen LogP contribution in [0, 0.1) is 3.70 Å². The lowest BCUT2D eigenvalue weighted by Crippen LogP contribution is -2.49. The van der Waals surface area contributed by atoms with Crippen molar-refractivity contribution in [2.24, 2.45) is 7.05 Å². The number of rotatable bonds is 9. The molecule has 0 spiro atoms. The monoisotopic (exact) mass is 631 g/mol. The van der Waals surface area contributed by atoms with Crippen molar-refractivity contribution in [3.05, 3.63) is 37.8 Å². The van der Waals surface area contributed by atoms with Crippen LogP contribution in [-0.2, 0) is 23.5 Å². The van der Waals surface area contributed by atoms with E-state index >= 15 is 0 Å². The minimum atomic E-state index is -3.80. The van der Waals surface area contributed by atoms with Crippen LogP contribution in [0.4, 0.5) is 4.39 Å². The van der Waals surface area contributed by atoms with Gasteiger partial charge in [-0.2, -0.15) is 4.31 Å². The Labute approximate surface area is 223 Å². The van der Waals surface area contributed by atoms with Crippen molar-refractivity contribution in [1.82, 2.24) is 23.7 Å². The van der Waals surface area contributed by atoms with Gasteiger partial charge in [0.25, 0.3) is 5.56 Å². The molecule has 0 saturated carbocycles. The molecule has 3 aromatic rings. The Hall–Kier alpha value is -2.03. The molecule has 0 unspecified atom stereocenters. The Bertz CT molecular complexity index is 1410. The minimum absolute atomic E-state index is 0.0964. The van der Waals surface area contributed by atoms with Crippen molar-refractivity contribution in [1.29, 1.82) is 0 Å². The van der Waals surface area contributed by atoms with Crippen LogP contribution in [0.15, 0.2) is 27.9 Å². The van der Waals surface area contributed by atoms with Gasteiger partial charge in [0.05, 0.1) is 20.8 Å². The summed E-state index contributed by atoms with van der Waals surface area (Å²) in [5, 5.41) is 0. The maximum atomic E-state index is 13.5. The number of nitrogens with zero attached hydrogens (tertiary/aromatic N) is 4. The molecule has 1 aromatic carbocycles. The highest BCUT2D eigenvalue weighted by Gasteiger charge is 2.29. The van der Waals surface area contributed by atoms with E-state index in [9.17, 15) is 17.6 Å². The molecule has 1 aliphatic heterocycles. The molecule has 1 fully saturated rings. The number of nitrogens with one attached hydrogen (secondary N) is 1. The summed E-state index contributed by atoms with van der Waals surface area (Å²) in [6.07, 6.45) is 1.67. The Kier molecular flexibility index (Phi) is 8.37. The maximum absolute atomic E-state index is 13.5. The zero-order valence-corrected chi connectivity index (χ0v) is 23.7. The Morgan fingerprint density at radius 2 is 1.92 bits per heavy atom. The lowest BCUT2D eigenvalue weighted by molar-refractivity contribution is 0.177. The highest BCUT2D eigenvalue weighted by Crippen LogP contribution is 2.33. The van der Waals surface area contributed by atoms with Gasteiger partial charge in [0, 0.05) is 45.3 Å². The Morgan fingerprint density at radius 1 is 1.19 bits per heavy atom. The predicted octanol–water partition coefficient (Wildman–Crippen LogP) is 3.16. The molecule has 1 saturated heterocycles. The SMILES string of the molecule is CCCc1c(I)n(C)c2c(=O)[nH]c(-c3cc(S(=O)(=O)N4CCN(CCF)CC4)ccc3OCC)nc12. The summed E-state index contributed by atoms with van der Waals surface area (Å²) < 4.78 is 49.6. The summed E-state index contributed by atoms with van der Waals surface area (Å²) >= 11 is 2.23. The molecule has 196 valence electrons. The first-order chi connectivity index (χ1) is 17.2. The number of benzene rings is 1. The normalized spacial score (nSPS) is 15.6. The van der Waals surface area contributed by atoms with Gasteiger partial charge in [-0.3, -0.25) is 9.69 Å². The van der Waals surface area contributed by atoms with Gasteiger partial charge in [-0.05, 0) is 54.1 Å². The van der Waals surface area contributed by atoms with Gasteiger partial charge in [0.1, 0.15) is 29.3 Å². The van der Waals surface area contributed by atoms with E-state index in [4.69, 9.17) is 9.72 Å². The lowest BCUT2D eigenvalue weighted by Gasteiger charge is -2.33. The van der Waals surface area contributed by atoms with Crippen LogP contribution in [0.2, 0.25) is 0 Å². The molecule has 1 aliphatic rings. The van der Waals surface area contributed by atoms with Gasteiger partial charge >= 0.3 is 0 Å². The molecule has 3 heterocycles. The van der Waals surface area contributed by atoms with E-state index in [1.54, 1.807) is 6.07 Å². The van der Waals surface area contributed by atoms with Crippen molar-refractivity contribution in [3.63, 3.8) is 0 Å². The van der Waals surface area contributed by atoms with Gasteiger partial charge in [-0.15, -0.1) is 0 Å². The molecule has 12 heteroatoms. The topological polar surface area (TPSA) is 101 Å². The van der Waals surface area contributed by atoms with Gasteiger partial charge in [0.15, 0.2) is 0 Å². The maximum Gasteiger partial charge on any atom is 0.275 e. The fourth-order valence-corrected chi connectivity index (χ4v) is 6.80. The van der Waals surface area contributed by atoms with E-state index in [0.29, 0.717) is 48.6 Å². The lowest BCUT2D eigenvalue weighted by atomic mass is 10.1. The summed E-state index contributed by atoms with van der Waals surface area (Å²) in [6.45, 7) is 5.66. The van der Waals surface area contributed by atoms with Crippen LogP contribution in [0.1, 0.15) is 25.8 Å². The molecular formula is C24H31FIN5O4S. The number of halogens is 2. The fourth-order valence-electron chi connectivity index (χ4n) is 4.58. The van der Waals surface area contributed by atoms with Crippen molar-refractivity contribution in [2.75, 3.05) is 46.0 Å². The number of fused-ring (bicyclic) bond motifs is 1. The van der Waals surface area contributed by atoms with E-state index < -0.39 is 16.7 Å². The molecule has 0 radical (unpaired) electrons. The number of aryl methyl sites for hydroxylation is 2. The second-order valence-electron chi connectivity index (χ2n) is 8.72. The number of hydrogen-bond acceptors (Lipinski definition) is 6. The Balaban J connectivity index is 1.80. The van der Waals surface area contributed by atoms with Gasteiger partial charge in [0.2, 0.25) is 10.0 Å². The van der Waals surface area contributed by atoms with Crippen LogP contribution in [0.5, 0.6) is 5.75 Å². The molecule has 4 rings (SSSR count). The van der Waals surface area contributed by atoms with Crippen LogP contribution >= 0.6 is 22.6 Å². The van der Waals surface area contributed by atoms with Crippen LogP contribution in [0.25, 0.3) is 22.4 Å². The van der Waals surface area contributed by atoms with E-state index in [1.807, 2.05) is 23.4 Å². The molecule has 36 heavy (non-hydrogen) atoms. The van der Waals surface area contributed by atoms with Gasteiger partial charge in [-0.1, -0.05) is 13.3 Å². The summed E-state index contributed by atoms with van der Waals surface area (Å²) in [5.41, 5.74) is 2.21. The molecular weight excluding hydrogens is 600 g/mol. The molecule has 0 aliphatic carbocycles. The number of ether oxygens (including phenoxy) is 1. The van der Waals surface area contributed by atoms with Crippen molar-refractivity contribution in [2.45, 2.75) is 31.6 Å². The minimum Gasteiger partial charge on any atom is -0.493 e. The van der Waals surface area contributed by atoms with E-state index in [2.05, 4.69) is 34.5 Å². The quantitative estimate of drug-likeness (QED) is 0.365. The van der Waals surface area contributed by atoms with Crippen molar-refractivity contribution >= 4 is 43.6 Å². The van der Waals surface area contributed by atoms with E-state index in [-0.39, 0.29) is 29.4 Å². The van der Waals surface area contributed by atoms with Crippen LogP contribution < -0.4 is 10.3 Å². The third-order valence-corrected chi connectivity index (χ3v) is 9.70. The zero-order chi connectivity index (χ0) is 26.0. The average molecular weight is 632 g/mol. The molecule has 0 amide bonds. The largest absolute Gasteiger partial charge is 0.493 e. The molecule has 9 nitrogen and oxygen atoms in total. The predicted molar refractivity (Wildman–Crippen MR) is 146 cm³/mol. The highest BCUT2D eigenvalue weighted by atomic mass is 127. The summed E-state index contributed by atoms with van der Waals surface area (Å²) in [6, 6.07) is 4.64. The third kappa shape index (κ3) is 5.04. The summed E-state index contributed by atoms with van der Waals surface area (Å²) in [5.74, 6) is 0.703.